The summed E-state index contributed by atoms with van der Waals surface area (Å²) in [5, 5.41) is 2.63. The van der Waals surface area contributed by atoms with Gasteiger partial charge in [-0.3, -0.25) is 13.9 Å². The maximum absolute atomic E-state index is 13.9. The van der Waals surface area contributed by atoms with Gasteiger partial charge in [0, 0.05) is 13.6 Å². The van der Waals surface area contributed by atoms with Crippen molar-refractivity contribution < 1.29 is 22.7 Å². The maximum Gasteiger partial charge on any atom is 0.264 e. The van der Waals surface area contributed by atoms with Crippen molar-refractivity contribution in [1.29, 1.82) is 0 Å². The van der Waals surface area contributed by atoms with Crippen molar-refractivity contribution >= 4 is 27.5 Å². The summed E-state index contributed by atoms with van der Waals surface area (Å²) in [5.41, 5.74) is 2.26. The summed E-state index contributed by atoms with van der Waals surface area (Å²) in [6.07, 6.45) is 0.369. The quantitative estimate of drug-likeness (QED) is 0.375. The van der Waals surface area contributed by atoms with E-state index in [2.05, 4.69) is 5.32 Å². The fraction of sp³-hybridized carbons (Fsp3) is 0.310. The molecule has 0 heterocycles. The molecule has 3 aromatic rings. The number of hydrogen-bond acceptors (Lipinski definition) is 5. The maximum atomic E-state index is 13.9. The Kier molecular flexibility index (Phi) is 9.90. The van der Waals surface area contributed by atoms with E-state index in [1.54, 1.807) is 42.5 Å². The fourth-order valence-corrected chi connectivity index (χ4v) is 5.52. The van der Waals surface area contributed by atoms with Gasteiger partial charge in [0.05, 0.1) is 17.2 Å². The van der Waals surface area contributed by atoms with Crippen LogP contribution in [0.1, 0.15) is 31.4 Å². The molecule has 0 saturated carbocycles. The molecule has 1 N–H and O–H groups in total. The molecule has 0 aromatic heterocycles. The van der Waals surface area contributed by atoms with Crippen LogP contribution in [0.15, 0.2) is 83.8 Å². The van der Waals surface area contributed by atoms with Crippen molar-refractivity contribution in [1.82, 2.24) is 10.2 Å². The molecule has 0 bridgehead atoms. The molecule has 1 atom stereocenters. The van der Waals surface area contributed by atoms with Gasteiger partial charge in [0.25, 0.3) is 10.0 Å². The van der Waals surface area contributed by atoms with Crippen molar-refractivity contribution in [2.75, 3.05) is 24.5 Å². The van der Waals surface area contributed by atoms with Crippen LogP contribution in [0.2, 0.25) is 0 Å². The Morgan fingerprint density at radius 3 is 2.11 bits per heavy atom. The minimum absolute atomic E-state index is 0.0287. The van der Waals surface area contributed by atoms with Crippen LogP contribution in [0.3, 0.4) is 0 Å². The molecular formula is C29H35N3O5S. The number of likely N-dealkylation sites (N-methyl/N-ethyl adjacent to an activating group) is 1. The summed E-state index contributed by atoms with van der Waals surface area (Å²) >= 11 is 0. The fourth-order valence-electron chi connectivity index (χ4n) is 4.10. The number of hydrogen-bond donors (Lipinski definition) is 1. The van der Waals surface area contributed by atoms with Gasteiger partial charge in [-0.2, -0.15) is 0 Å². The number of aryl methyl sites for hydroxylation is 1. The van der Waals surface area contributed by atoms with E-state index >= 15 is 0 Å². The third-order valence-electron chi connectivity index (χ3n) is 6.15. The molecule has 3 aromatic carbocycles. The number of benzene rings is 3. The third kappa shape index (κ3) is 6.92. The highest BCUT2D eigenvalue weighted by Crippen LogP contribution is 2.26. The number of nitrogens with zero attached hydrogens (tertiary/aromatic N) is 2. The van der Waals surface area contributed by atoms with E-state index in [-0.39, 0.29) is 17.3 Å². The number of ether oxygens (including phenoxy) is 1. The van der Waals surface area contributed by atoms with Crippen molar-refractivity contribution in [2.45, 2.75) is 44.7 Å². The highest BCUT2D eigenvalue weighted by molar-refractivity contribution is 7.92. The zero-order valence-electron chi connectivity index (χ0n) is 22.3. The predicted octanol–water partition coefficient (Wildman–Crippen LogP) is 4.14. The van der Waals surface area contributed by atoms with Gasteiger partial charge in [-0.25, -0.2) is 8.42 Å². The number of carbonyl (C=O) groups is 2. The molecule has 0 aliphatic rings. The molecule has 38 heavy (non-hydrogen) atoms. The largest absolute Gasteiger partial charge is 0.494 e. The average molecular weight is 538 g/mol. The normalized spacial score (nSPS) is 11.9. The summed E-state index contributed by atoms with van der Waals surface area (Å²) in [5.74, 6) is -0.248. The lowest BCUT2D eigenvalue weighted by molar-refractivity contribution is -0.140. The summed E-state index contributed by atoms with van der Waals surface area (Å²) in [6.45, 7) is 5.78. The number of anilines is 1. The Bertz CT molecular complexity index is 1310. The highest BCUT2D eigenvalue weighted by atomic mass is 32.2. The summed E-state index contributed by atoms with van der Waals surface area (Å²) in [4.78, 5) is 28.1. The Labute approximate surface area is 225 Å². The van der Waals surface area contributed by atoms with E-state index in [1.807, 2.05) is 45.0 Å². The first-order valence-corrected chi connectivity index (χ1v) is 14.0. The van der Waals surface area contributed by atoms with Crippen LogP contribution < -0.4 is 14.4 Å². The van der Waals surface area contributed by atoms with Crippen molar-refractivity contribution in [3.63, 3.8) is 0 Å². The monoisotopic (exact) mass is 537 g/mol. The average Bonchev–Trinajstić information content (AvgIpc) is 2.93. The first-order chi connectivity index (χ1) is 18.2. The van der Waals surface area contributed by atoms with Crippen molar-refractivity contribution in [3.05, 3.63) is 90.0 Å². The van der Waals surface area contributed by atoms with Gasteiger partial charge >= 0.3 is 0 Å². The predicted molar refractivity (Wildman–Crippen MR) is 148 cm³/mol. The minimum Gasteiger partial charge on any atom is -0.494 e. The number of rotatable bonds is 12. The molecule has 0 radical (unpaired) electrons. The Balaban J connectivity index is 2.01. The summed E-state index contributed by atoms with van der Waals surface area (Å²) in [6, 6.07) is 21.5. The van der Waals surface area contributed by atoms with Gasteiger partial charge < -0.3 is 15.0 Å². The number of carbonyl (C=O) groups excluding carboxylic acids is 2. The molecule has 0 spiro atoms. The lowest BCUT2D eigenvalue weighted by Gasteiger charge is -2.33. The number of nitrogens with one attached hydrogen (secondary N) is 1. The van der Waals surface area contributed by atoms with E-state index < -0.39 is 28.5 Å². The number of amides is 2. The second kappa shape index (κ2) is 13.1. The molecule has 202 valence electrons. The van der Waals surface area contributed by atoms with E-state index in [0.717, 1.165) is 15.4 Å². The number of sulfonamides is 1. The van der Waals surface area contributed by atoms with Crippen LogP contribution in [0.5, 0.6) is 5.75 Å². The molecule has 0 fully saturated rings. The summed E-state index contributed by atoms with van der Waals surface area (Å²) in [7, 11) is -2.60. The van der Waals surface area contributed by atoms with Crippen molar-refractivity contribution in [2.24, 2.45) is 0 Å². The third-order valence-corrected chi connectivity index (χ3v) is 7.94. The highest BCUT2D eigenvalue weighted by Gasteiger charge is 2.33. The van der Waals surface area contributed by atoms with Gasteiger partial charge in [0.1, 0.15) is 18.3 Å². The van der Waals surface area contributed by atoms with Gasteiger partial charge in [-0.05, 0) is 62.2 Å². The Morgan fingerprint density at radius 1 is 0.921 bits per heavy atom. The molecule has 2 amide bonds. The minimum atomic E-state index is -4.12. The molecule has 0 aliphatic carbocycles. The second-order valence-electron chi connectivity index (χ2n) is 8.80. The van der Waals surface area contributed by atoms with Crippen LogP contribution in [0.25, 0.3) is 0 Å². The Hall–Kier alpha value is -3.85. The first-order valence-electron chi connectivity index (χ1n) is 12.6. The molecule has 0 aliphatic heterocycles. The molecule has 0 unspecified atom stereocenters. The van der Waals surface area contributed by atoms with Gasteiger partial charge in [0.2, 0.25) is 11.8 Å². The molecular weight excluding hydrogens is 502 g/mol. The standard InChI is InChI=1S/C29H35N3O5S/c1-5-27(29(34)30-4)31(20-23-14-12-22(3)13-15-23)28(33)21-32(24-10-8-7-9-11-24)38(35,36)26-18-16-25(17-19-26)37-6-2/h7-19,27H,5-6,20-21H2,1-4H3,(H,30,34)/t27-/m1/s1. The van der Waals surface area contributed by atoms with Gasteiger partial charge in [0.15, 0.2) is 0 Å². The summed E-state index contributed by atoms with van der Waals surface area (Å²) < 4.78 is 34.2. The van der Waals surface area contributed by atoms with E-state index in [9.17, 15) is 18.0 Å². The lowest BCUT2D eigenvalue weighted by atomic mass is 10.1. The van der Waals surface area contributed by atoms with E-state index in [4.69, 9.17) is 4.74 Å². The van der Waals surface area contributed by atoms with Crippen LogP contribution in [0, 0.1) is 6.92 Å². The van der Waals surface area contributed by atoms with Gasteiger partial charge in [-0.1, -0.05) is 55.0 Å². The van der Waals surface area contributed by atoms with Crippen LogP contribution >= 0.6 is 0 Å². The van der Waals surface area contributed by atoms with Gasteiger partial charge in [-0.15, -0.1) is 0 Å². The zero-order chi connectivity index (χ0) is 27.7. The van der Waals surface area contributed by atoms with Crippen LogP contribution in [0.4, 0.5) is 5.69 Å². The SMILES string of the molecule is CCOc1ccc(S(=O)(=O)N(CC(=O)N(Cc2ccc(C)cc2)[C@H](CC)C(=O)NC)c2ccccc2)cc1. The van der Waals surface area contributed by atoms with Crippen LogP contribution in [-0.4, -0.2) is 51.4 Å². The molecule has 9 heteroatoms. The van der Waals surface area contributed by atoms with E-state index in [1.165, 1.54) is 24.1 Å². The number of para-hydroxylation sites is 1. The zero-order valence-corrected chi connectivity index (χ0v) is 23.1. The Morgan fingerprint density at radius 2 is 1.55 bits per heavy atom. The molecule has 3 rings (SSSR count). The van der Waals surface area contributed by atoms with Crippen molar-refractivity contribution in [3.8, 4) is 5.75 Å². The van der Waals surface area contributed by atoms with Crippen LogP contribution in [-0.2, 0) is 26.2 Å². The lowest BCUT2D eigenvalue weighted by Crippen LogP contribution is -2.51. The van der Waals surface area contributed by atoms with E-state index in [0.29, 0.717) is 24.5 Å². The molecule has 8 nitrogen and oxygen atoms in total. The second-order valence-corrected chi connectivity index (χ2v) is 10.7. The first kappa shape index (κ1) is 28.7. The smallest absolute Gasteiger partial charge is 0.264 e. The molecule has 0 saturated heterocycles. The topological polar surface area (TPSA) is 96.0 Å².